The third-order valence-electron chi connectivity index (χ3n) is 5.41. The van der Waals surface area contributed by atoms with Crippen LogP contribution in [0.2, 0.25) is 0 Å². The van der Waals surface area contributed by atoms with Crippen LogP contribution < -0.4 is 30.6 Å². The van der Waals surface area contributed by atoms with E-state index in [9.17, 15) is 40.2 Å². The van der Waals surface area contributed by atoms with Gasteiger partial charge in [0.25, 0.3) is 0 Å². The first-order chi connectivity index (χ1) is 20.2. The summed E-state index contributed by atoms with van der Waals surface area (Å²) in [6, 6.07) is 28.4. The van der Waals surface area contributed by atoms with E-state index >= 15 is 0 Å². The molecule has 2 heterocycles. The van der Waals surface area contributed by atoms with Crippen molar-refractivity contribution in [2.45, 2.75) is 0 Å². The van der Waals surface area contributed by atoms with Crippen molar-refractivity contribution in [3.8, 4) is 23.0 Å². The first-order valence-corrected chi connectivity index (χ1v) is 12.2. The first-order valence-electron chi connectivity index (χ1n) is 12.2. The second-order valence-corrected chi connectivity index (χ2v) is 8.23. The third-order valence-corrected chi connectivity index (χ3v) is 5.41. The Kier molecular flexibility index (Phi) is 18.3. The maximum Gasteiger partial charge on any atom is 2.00 e. The van der Waals surface area contributed by atoms with E-state index in [4.69, 9.17) is 0 Å². The van der Waals surface area contributed by atoms with Crippen molar-refractivity contribution in [1.29, 1.82) is 0 Å². The summed E-state index contributed by atoms with van der Waals surface area (Å²) < 4.78 is 0. The molecule has 2 aromatic heterocycles. The van der Waals surface area contributed by atoms with Gasteiger partial charge in [0.1, 0.15) is 0 Å². The molecule has 6 rings (SSSR count). The molecule has 0 N–H and O–H groups in total. The largest absolute Gasteiger partial charge is 2.00 e. The number of pyridine rings is 2. The molecule has 4 aromatic carbocycles. The fourth-order valence-electron chi connectivity index (χ4n) is 3.42. The van der Waals surface area contributed by atoms with Gasteiger partial charge in [-0.1, -0.05) is 120 Å². The van der Waals surface area contributed by atoms with Gasteiger partial charge in [0.2, 0.25) is 0 Å². The molecular weight excluding hydrogens is 731 g/mol. The van der Waals surface area contributed by atoms with Crippen molar-refractivity contribution >= 4 is 33.7 Å². The van der Waals surface area contributed by atoms with Crippen molar-refractivity contribution in [3.05, 3.63) is 133 Å². The van der Waals surface area contributed by atoms with Gasteiger partial charge in [0.15, 0.2) is 0 Å². The van der Waals surface area contributed by atoms with E-state index in [1.807, 2.05) is 36.4 Å². The van der Waals surface area contributed by atoms with Crippen LogP contribution in [0, 0.1) is 0 Å². The van der Waals surface area contributed by atoms with E-state index in [1.54, 1.807) is 24.5 Å². The molecule has 13 heteroatoms. The number of rotatable bonds is 2. The predicted molar refractivity (Wildman–Crippen MR) is 143 cm³/mol. The number of carboxylic acid groups (broad SMARTS) is 2. The Labute approximate surface area is 289 Å². The number of carbonyl (C=O) groups is 2. The molecule has 0 aliphatic rings. The molecule has 0 bridgehead atoms. The molecule has 0 fully saturated rings. The van der Waals surface area contributed by atoms with Crippen molar-refractivity contribution < 1.29 is 91.4 Å². The number of benzene rings is 4. The normalized spacial score (nSPS) is 9.07. The monoisotopic (exact) mass is 749 g/mol. The second kappa shape index (κ2) is 20.4. The molecule has 0 spiro atoms. The van der Waals surface area contributed by atoms with Gasteiger partial charge in [-0.15, -0.1) is 0 Å². The molecule has 0 saturated carbocycles. The number of carboxylic acids is 2. The van der Waals surface area contributed by atoms with E-state index in [1.165, 1.54) is 60.7 Å². The smallest absolute Gasteiger partial charge is 0.872 e. The summed E-state index contributed by atoms with van der Waals surface area (Å²) in [6.07, 6.45) is 3.26. The summed E-state index contributed by atoms with van der Waals surface area (Å²) in [6.45, 7) is 0. The molecule has 10 nitrogen and oxygen atoms in total. The number of hydrogen-bond donors (Lipinski definition) is 0. The van der Waals surface area contributed by atoms with Crippen LogP contribution in [0.25, 0.3) is 21.8 Å². The second-order valence-electron chi connectivity index (χ2n) is 8.23. The predicted octanol–water partition coefficient (Wildman–Crippen LogP) is 0.857. The molecule has 0 aliphatic carbocycles. The van der Waals surface area contributed by atoms with E-state index in [0.29, 0.717) is 11.0 Å². The summed E-state index contributed by atoms with van der Waals surface area (Å²) in [7, 11) is 0. The molecule has 0 saturated heterocycles. The Hall–Kier alpha value is -4.60. The zero-order valence-corrected chi connectivity index (χ0v) is 25.4. The van der Waals surface area contributed by atoms with Crippen LogP contribution in [0.1, 0.15) is 20.7 Å². The number of aromatic nitrogens is 2. The minimum atomic E-state index is -1.43. The van der Waals surface area contributed by atoms with Gasteiger partial charge in [-0.2, -0.15) is 0 Å². The van der Waals surface area contributed by atoms with Gasteiger partial charge in [0.05, 0.1) is 23.0 Å². The Balaban J connectivity index is 0.000000562. The molecule has 239 valence electrons. The third kappa shape index (κ3) is 12.1. The number of para-hydroxylation sites is 4. The average molecular weight is 751 g/mol. The number of aromatic carboxylic acids is 2. The van der Waals surface area contributed by atoms with Crippen LogP contribution in [0.4, 0.5) is 0 Å². The average Bonchev–Trinajstić information content (AvgIpc) is 2.99. The first kappa shape index (κ1) is 40.4. The SMILES string of the molecule is O=C([O-])c1ccccc1[O-].O=C([O-])c1ccccc1[O-].[Cu+2].[Cu+2].[Cu+2].[O-]c1cccc2cccnc12.[O-]c1cccc2cccnc12. The van der Waals surface area contributed by atoms with Crippen molar-refractivity contribution in [3.63, 3.8) is 0 Å². The van der Waals surface area contributed by atoms with E-state index < -0.39 is 23.4 Å². The van der Waals surface area contributed by atoms with Crippen LogP contribution in [-0.2, 0) is 51.2 Å². The van der Waals surface area contributed by atoms with Gasteiger partial charge in [-0.25, -0.2) is 0 Å². The molecule has 0 aliphatic heterocycles. The van der Waals surface area contributed by atoms with Gasteiger partial charge >= 0.3 is 51.2 Å². The fraction of sp³-hybridized carbons (Fsp3) is 0. The summed E-state index contributed by atoms with van der Waals surface area (Å²) in [5, 5.41) is 65.5. The van der Waals surface area contributed by atoms with Crippen molar-refractivity contribution in [2.75, 3.05) is 0 Å². The minimum absolute atomic E-state index is 0. The Bertz CT molecular complexity index is 1680. The standard InChI is InChI=1S/2C9H7NO.2C7H6O3.3Cu/c2*11-8-5-1-3-7-4-2-6-10-9(7)8;2*8-6-4-2-1-3-5(6)7(9)10;;;/h2*1-6,11H;2*1-4,8H,(H,9,10);;;/q;;;;3*+2/p-6. The summed E-state index contributed by atoms with van der Waals surface area (Å²) in [5.41, 5.74) is 0.523. The van der Waals surface area contributed by atoms with E-state index in [-0.39, 0.29) is 73.8 Å². The number of hydrogen-bond acceptors (Lipinski definition) is 10. The van der Waals surface area contributed by atoms with Gasteiger partial charge in [0, 0.05) is 12.4 Å². The summed E-state index contributed by atoms with van der Waals surface area (Å²) in [4.78, 5) is 28.2. The number of nitrogens with zero attached hydrogens (tertiary/aromatic N) is 2. The van der Waals surface area contributed by atoms with Crippen molar-refractivity contribution in [1.82, 2.24) is 9.97 Å². The van der Waals surface area contributed by atoms with Crippen LogP contribution in [0.5, 0.6) is 23.0 Å². The van der Waals surface area contributed by atoms with Crippen LogP contribution in [0.3, 0.4) is 0 Å². The molecule has 6 aromatic rings. The maximum atomic E-state index is 11.1. The van der Waals surface area contributed by atoms with Crippen LogP contribution in [0.15, 0.2) is 122 Å². The quantitative estimate of drug-likeness (QED) is 0.229. The van der Waals surface area contributed by atoms with Crippen LogP contribution in [-0.4, -0.2) is 21.9 Å². The number of fused-ring (bicyclic) bond motifs is 2. The Morgan fingerprint density at radius 3 is 1.02 bits per heavy atom. The Morgan fingerprint density at radius 2 is 0.733 bits per heavy atom. The molecule has 3 radical (unpaired) electrons. The topological polar surface area (TPSA) is 198 Å². The molecular formula is C32H20Cu3N2O8. The van der Waals surface area contributed by atoms with Gasteiger partial charge in [-0.05, 0) is 34.0 Å². The molecule has 0 unspecified atom stereocenters. The van der Waals surface area contributed by atoms with Crippen LogP contribution >= 0.6 is 0 Å². The molecule has 0 amide bonds. The summed E-state index contributed by atoms with van der Waals surface area (Å²) >= 11 is 0. The molecule has 0 atom stereocenters. The number of carbonyl (C=O) groups excluding carboxylic acids is 2. The van der Waals surface area contributed by atoms with E-state index in [2.05, 4.69) is 9.97 Å². The molecule has 45 heavy (non-hydrogen) atoms. The maximum absolute atomic E-state index is 11.1. The zero-order valence-electron chi connectivity index (χ0n) is 22.6. The minimum Gasteiger partial charge on any atom is -0.872 e. The van der Waals surface area contributed by atoms with Crippen molar-refractivity contribution in [2.24, 2.45) is 0 Å². The van der Waals surface area contributed by atoms with E-state index in [0.717, 1.165) is 10.8 Å². The zero-order chi connectivity index (χ0) is 30.5. The fourth-order valence-corrected chi connectivity index (χ4v) is 3.42. The van der Waals surface area contributed by atoms with Gasteiger partial charge < -0.3 is 40.2 Å². The van der Waals surface area contributed by atoms with Gasteiger partial charge in [-0.3, -0.25) is 9.97 Å². The Morgan fingerprint density at radius 1 is 0.422 bits per heavy atom. The summed E-state index contributed by atoms with van der Waals surface area (Å²) in [5.74, 6) is -3.90.